The van der Waals surface area contributed by atoms with Crippen molar-refractivity contribution in [1.29, 1.82) is 0 Å². The van der Waals surface area contributed by atoms with Crippen LogP contribution in [0, 0.1) is 0 Å². The van der Waals surface area contributed by atoms with Gasteiger partial charge in [-0.05, 0) is 35.4 Å². The van der Waals surface area contributed by atoms with Gasteiger partial charge in [0.25, 0.3) is 0 Å². The van der Waals surface area contributed by atoms with Gasteiger partial charge in [0, 0.05) is 11.5 Å². The van der Waals surface area contributed by atoms with Gasteiger partial charge in [-0.15, -0.1) is 23.5 Å². The van der Waals surface area contributed by atoms with Crippen molar-refractivity contribution in [3.63, 3.8) is 0 Å². The Morgan fingerprint density at radius 3 is 2.07 bits per heavy atom. The van der Waals surface area contributed by atoms with Crippen LogP contribution in [0.25, 0.3) is 0 Å². The van der Waals surface area contributed by atoms with Crippen LogP contribution in [0.4, 0.5) is 0 Å². The second-order valence-corrected chi connectivity index (χ2v) is 8.55. The van der Waals surface area contributed by atoms with E-state index in [1.165, 1.54) is 17.1 Å². The molecule has 2 aromatic rings. The fraction of sp³-hybridized carbons (Fsp3) is 0.350. The topological polar surface area (TPSA) is 54.0 Å². The van der Waals surface area contributed by atoms with Gasteiger partial charge in [0.15, 0.2) is 11.5 Å². The van der Waals surface area contributed by atoms with Crippen LogP contribution in [0.3, 0.4) is 0 Å². The molecule has 0 bridgehead atoms. The molecule has 1 saturated heterocycles. The predicted molar refractivity (Wildman–Crippen MR) is 110 cm³/mol. The van der Waals surface area contributed by atoms with Gasteiger partial charge >= 0.3 is 5.97 Å². The van der Waals surface area contributed by atoms with Gasteiger partial charge in [-0.2, -0.15) is 0 Å². The number of ether oxygens (including phenoxy) is 4. The molecule has 0 saturated carbocycles. The smallest absolute Gasteiger partial charge is 0.315 e. The number of hydrogen-bond acceptors (Lipinski definition) is 7. The van der Waals surface area contributed by atoms with Crippen molar-refractivity contribution >= 4 is 29.5 Å². The molecule has 1 fully saturated rings. The summed E-state index contributed by atoms with van der Waals surface area (Å²) >= 11 is 3.90. The number of benzene rings is 2. The number of hydrogen-bond donors (Lipinski definition) is 0. The van der Waals surface area contributed by atoms with Crippen LogP contribution in [-0.4, -0.2) is 38.8 Å². The first kappa shape index (κ1) is 19.8. The van der Waals surface area contributed by atoms with Crippen molar-refractivity contribution in [3.8, 4) is 23.0 Å². The third kappa shape index (κ3) is 4.84. The van der Waals surface area contributed by atoms with Gasteiger partial charge in [0.1, 0.15) is 5.75 Å². The lowest BCUT2D eigenvalue weighted by Crippen LogP contribution is -2.11. The molecule has 2 aromatic carbocycles. The Morgan fingerprint density at radius 1 is 0.963 bits per heavy atom. The molecule has 1 heterocycles. The highest BCUT2D eigenvalue weighted by Gasteiger charge is 2.19. The summed E-state index contributed by atoms with van der Waals surface area (Å²) in [4.78, 5) is 12.3. The number of carbonyl (C=O) groups is 1. The summed E-state index contributed by atoms with van der Waals surface area (Å²) in [5.41, 5.74) is 1.98. The molecule has 0 radical (unpaired) electrons. The predicted octanol–water partition coefficient (Wildman–Crippen LogP) is 4.34. The Balaban J connectivity index is 1.66. The zero-order chi connectivity index (χ0) is 19.2. The molecule has 0 aromatic heterocycles. The molecule has 1 aliphatic rings. The van der Waals surface area contributed by atoms with Gasteiger partial charge in [0.2, 0.25) is 5.75 Å². The molecule has 1 aliphatic heterocycles. The Morgan fingerprint density at radius 2 is 1.56 bits per heavy atom. The van der Waals surface area contributed by atoms with Crippen molar-refractivity contribution in [2.75, 3.05) is 32.8 Å². The van der Waals surface area contributed by atoms with Gasteiger partial charge < -0.3 is 18.9 Å². The molecule has 0 amide bonds. The van der Waals surface area contributed by atoms with Crippen LogP contribution in [0.5, 0.6) is 23.0 Å². The first-order valence-corrected chi connectivity index (χ1v) is 10.6. The van der Waals surface area contributed by atoms with E-state index in [1.807, 2.05) is 47.8 Å². The lowest BCUT2D eigenvalue weighted by atomic mass is 10.1. The zero-order valence-electron chi connectivity index (χ0n) is 15.5. The van der Waals surface area contributed by atoms with Gasteiger partial charge in [0.05, 0.1) is 32.3 Å². The monoisotopic (exact) mass is 406 g/mol. The van der Waals surface area contributed by atoms with Gasteiger partial charge in [-0.3, -0.25) is 4.79 Å². The minimum atomic E-state index is -0.346. The average molecular weight is 407 g/mol. The quantitative estimate of drug-likeness (QED) is 0.501. The zero-order valence-corrected chi connectivity index (χ0v) is 17.2. The summed E-state index contributed by atoms with van der Waals surface area (Å²) in [5, 5.41) is 0. The molecule has 27 heavy (non-hydrogen) atoms. The second kappa shape index (κ2) is 9.28. The van der Waals surface area contributed by atoms with E-state index in [-0.39, 0.29) is 12.4 Å². The average Bonchev–Trinajstić information content (AvgIpc) is 3.22. The largest absolute Gasteiger partial charge is 0.493 e. The first-order chi connectivity index (χ1) is 13.1. The Bertz CT molecular complexity index is 760. The van der Waals surface area contributed by atoms with Gasteiger partial charge in [-0.25, -0.2) is 0 Å². The van der Waals surface area contributed by atoms with Crippen molar-refractivity contribution in [1.82, 2.24) is 0 Å². The molecular weight excluding hydrogens is 384 g/mol. The Kier molecular flexibility index (Phi) is 6.79. The van der Waals surface area contributed by atoms with Crippen LogP contribution in [0.1, 0.15) is 15.7 Å². The second-order valence-electron chi connectivity index (χ2n) is 5.83. The minimum absolute atomic E-state index is 0.104. The maximum atomic E-state index is 12.3. The van der Waals surface area contributed by atoms with Crippen molar-refractivity contribution < 1.29 is 23.7 Å². The SMILES string of the molecule is COc1cc(CC(=O)Oc2ccc(C3SCCS3)cc2)cc(OC)c1OC. The number of esters is 1. The molecule has 0 atom stereocenters. The summed E-state index contributed by atoms with van der Waals surface area (Å²) in [6, 6.07) is 11.3. The maximum Gasteiger partial charge on any atom is 0.315 e. The molecule has 3 rings (SSSR count). The van der Waals surface area contributed by atoms with E-state index < -0.39 is 0 Å². The standard InChI is InChI=1S/C20H22O5S2/c1-22-16-10-13(11-17(23-2)19(16)24-3)12-18(21)25-15-6-4-14(5-7-15)20-26-8-9-27-20/h4-7,10-11,20H,8-9,12H2,1-3H3. The minimum Gasteiger partial charge on any atom is -0.493 e. The Labute approximate surface area is 167 Å². The maximum absolute atomic E-state index is 12.3. The van der Waals surface area contributed by atoms with Crippen LogP contribution >= 0.6 is 23.5 Å². The summed E-state index contributed by atoms with van der Waals surface area (Å²) < 4.78 is 21.9. The van der Waals surface area contributed by atoms with Crippen LogP contribution in [0.2, 0.25) is 0 Å². The van der Waals surface area contributed by atoms with Gasteiger partial charge in [-0.1, -0.05) is 12.1 Å². The fourth-order valence-corrected chi connectivity index (χ4v) is 5.67. The van der Waals surface area contributed by atoms with E-state index in [2.05, 4.69) is 0 Å². The van der Waals surface area contributed by atoms with E-state index >= 15 is 0 Å². The molecule has 7 heteroatoms. The molecule has 5 nitrogen and oxygen atoms in total. The van der Waals surface area contributed by atoms with Crippen LogP contribution in [-0.2, 0) is 11.2 Å². The highest BCUT2D eigenvalue weighted by atomic mass is 32.2. The van der Waals surface area contributed by atoms with Crippen LogP contribution < -0.4 is 18.9 Å². The number of rotatable bonds is 7. The summed E-state index contributed by atoms with van der Waals surface area (Å²) in [6.45, 7) is 0. The van der Waals surface area contributed by atoms with E-state index in [4.69, 9.17) is 18.9 Å². The van der Waals surface area contributed by atoms with Crippen LogP contribution in [0.15, 0.2) is 36.4 Å². The Hall–Kier alpha value is -1.99. The fourth-order valence-electron chi connectivity index (χ4n) is 2.82. The number of thioether (sulfide) groups is 2. The highest BCUT2D eigenvalue weighted by Crippen LogP contribution is 2.45. The molecule has 0 unspecified atom stereocenters. The van der Waals surface area contributed by atoms with E-state index in [9.17, 15) is 4.79 Å². The molecule has 144 valence electrons. The van der Waals surface area contributed by atoms with E-state index in [0.29, 0.717) is 27.6 Å². The highest BCUT2D eigenvalue weighted by molar-refractivity contribution is 8.19. The third-order valence-electron chi connectivity index (χ3n) is 4.08. The molecular formula is C20H22O5S2. The number of methoxy groups -OCH3 is 3. The number of carbonyl (C=O) groups excluding carboxylic acids is 1. The molecule has 0 N–H and O–H groups in total. The van der Waals surface area contributed by atoms with Crippen molar-refractivity contribution in [2.45, 2.75) is 11.0 Å². The molecule has 0 aliphatic carbocycles. The lowest BCUT2D eigenvalue weighted by molar-refractivity contribution is -0.133. The normalized spacial score (nSPS) is 14.0. The van der Waals surface area contributed by atoms with Crippen molar-refractivity contribution in [3.05, 3.63) is 47.5 Å². The van der Waals surface area contributed by atoms with Crippen molar-refractivity contribution in [2.24, 2.45) is 0 Å². The van der Waals surface area contributed by atoms with E-state index in [1.54, 1.807) is 33.5 Å². The summed E-state index contributed by atoms with van der Waals surface area (Å²) in [6.07, 6.45) is 0.104. The summed E-state index contributed by atoms with van der Waals surface area (Å²) in [5.74, 6) is 4.08. The lowest BCUT2D eigenvalue weighted by Gasteiger charge is -2.14. The first-order valence-electron chi connectivity index (χ1n) is 8.47. The third-order valence-corrected chi connectivity index (χ3v) is 7.18. The van der Waals surface area contributed by atoms with E-state index in [0.717, 1.165) is 5.56 Å². The molecule has 0 spiro atoms. The summed E-state index contributed by atoms with van der Waals surface area (Å²) in [7, 11) is 4.63.